The van der Waals surface area contributed by atoms with Crippen molar-refractivity contribution in [3.8, 4) is 0 Å². The van der Waals surface area contributed by atoms with Gasteiger partial charge >= 0.3 is 11.9 Å². The standard InChI is InChI=1S/C54H100N2O6S/c1-5-9-12-15-20-27-36-49(8-4)61-53(58)40-30-23-18-25-32-43-56(45-35-42-55-52(57)48-63-47-51-39-34-46-60-51)44-33-26-19-24-31-41-54(59)62-50(37-28-21-16-13-10-6-2)38-29-22-17-14-11-7-3/h34,39,46,49-50H,5-33,35-38,40-45,47-48H2,1-4H3,(H,55,57). The minimum absolute atomic E-state index is 0.00946. The summed E-state index contributed by atoms with van der Waals surface area (Å²) in [7, 11) is 0. The smallest absolute Gasteiger partial charge is 0.306 e. The van der Waals surface area contributed by atoms with Crippen molar-refractivity contribution in [2.45, 2.75) is 270 Å². The summed E-state index contributed by atoms with van der Waals surface area (Å²) in [5.74, 6) is 2.12. The molecule has 1 unspecified atom stereocenters. The molecule has 0 saturated carbocycles. The second-order valence-corrected chi connectivity index (χ2v) is 19.4. The molecule has 0 aliphatic carbocycles. The number of thioether (sulfide) groups is 1. The van der Waals surface area contributed by atoms with E-state index in [0.29, 0.717) is 30.9 Å². The average Bonchev–Trinajstić information content (AvgIpc) is 3.80. The van der Waals surface area contributed by atoms with Crippen molar-refractivity contribution in [2.75, 3.05) is 31.9 Å². The lowest BCUT2D eigenvalue weighted by Crippen LogP contribution is -2.32. The molecule has 1 amide bonds. The number of hydrogen-bond acceptors (Lipinski definition) is 8. The molecule has 1 rings (SSSR count). The Labute approximate surface area is 393 Å². The van der Waals surface area contributed by atoms with E-state index >= 15 is 0 Å². The highest BCUT2D eigenvalue weighted by Gasteiger charge is 2.15. The lowest BCUT2D eigenvalue weighted by Gasteiger charge is -2.22. The summed E-state index contributed by atoms with van der Waals surface area (Å²) in [5, 5.41) is 3.11. The van der Waals surface area contributed by atoms with Gasteiger partial charge in [0, 0.05) is 19.4 Å². The Bertz CT molecular complexity index is 1130. The fourth-order valence-corrected chi connectivity index (χ4v) is 9.14. The van der Waals surface area contributed by atoms with Crippen LogP contribution in [-0.2, 0) is 29.6 Å². The second kappa shape index (κ2) is 45.2. The lowest BCUT2D eigenvalue weighted by atomic mass is 10.0. The van der Waals surface area contributed by atoms with Crippen LogP contribution < -0.4 is 5.32 Å². The van der Waals surface area contributed by atoms with E-state index in [-0.39, 0.29) is 30.1 Å². The summed E-state index contributed by atoms with van der Waals surface area (Å²) in [5.41, 5.74) is 0. The summed E-state index contributed by atoms with van der Waals surface area (Å²) < 4.78 is 17.3. The number of rotatable bonds is 48. The number of unbranched alkanes of at least 4 members (excludes halogenated alkanes) is 23. The molecule has 0 radical (unpaired) electrons. The summed E-state index contributed by atoms with van der Waals surface area (Å²) in [6, 6.07) is 3.82. The van der Waals surface area contributed by atoms with Crippen LogP contribution in [0.15, 0.2) is 22.8 Å². The Morgan fingerprint density at radius 2 is 0.984 bits per heavy atom. The Morgan fingerprint density at radius 3 is 1.46 bits per heavy atom. The minimum atomic E-state index is -0.0200. The number of carbonyl (C=O) groups is 3. The Kier molecular flexibility index (Phi) is 42.3. The molecule has 9 heteroatoms. The maximum atomic E-state index is 12.9. The number of nitrogens with zero attached hydrogens (tertiary/aromatic N) is 1. The van der Waals surface area contributed by atoms with E-state index in [0.717, 1.165) is 115 Å². The van der Waals surface area contributed by atoms with Crippen LogP contribution in [0.4, 0.5) is 0 Å². The maximum absolute atomic E-state index is 12.9. The van der Waals surface area contributed by atoms with Gasteiger partial charge in [-0.05, 0) is 109 Å². The van der Waals surface area contributed by atoms with E-state index in [1.165, 1.54) is 122 Å². The number of hydrogen-bond donors (Lipinski definition) is 1. The molecule has 0 aliphatic rings. The Hall–Kier alpha value is -2.00. The third-order valence-corrected chi connectivity index (χ3v) is 13.4. The highest BCUT2D eigenvalue weighted by molar-refractivity contribution is 7.99. The van der Waals surface area contributed by atoms with Crippen molar-refractivity contribution >= 4 is 29.6 Å². The van der Waals surface area contributed by atoms with E-state index < -0.39 is 0 Å². The molecule has 1 aromatic rings. The average molecular weight is 905 g/mol. The van der Waals surface area contributed by atoms with Gasteiger partial charge in [0.05, 0.1) is 17.8 Å². The van der Waals surface area contributed by atoms with E-state index in [9.17, 15) is 14.4 Å². The fraction of sp³-hybridized carbons (Fsp3) is 0.870. The SMILES string of the molecule is CCCCCCCCC(CC)OC(=O)CCCCCCCN(CCCCCCCC(=O)OC(CCCCCCCC)CCCCCCCC)CCCNC(=O)CSCc1ccco1. The lowest BCUT2D eigenvalue weighted by molar-refractivity contribution is -0.150. The number of carbonyl (C=O) groups excluding carboxylic acids is 3. The normalized spacial score (nSPS) is 12.0. The number of furan rings is 1. The third-order valence-electron chi connectivity index (χ3n) is 12.4. The Balaban J connectivity index is 2.39. The molecular weight excluding hydrogens is 805 g/mol. The van der Waals surface area contributed by atoms with Gasteiger partial charge in [-0.15, -0.1) is 11.8 Å². The van der Waals surface area contributed by atoms with Crippen LogP contribution in [0.25, 0.3) is 0 Å². The molecule has 1 aromatic heterocycles. The number of nitrogens with one attached hydrogen (secondary N) is 1. The molecule has 0 aromatic carbocycles. The Morgan fingerprint density at radius 1 is 0.556 bits per heavy atom. The maximum Gasteiger partial charge on any atom is 0.306 e. The quantitative estimate of drug-likeness (QED) is 0.0510. The van der Waals surface area contributed by atoms with Crippen molar-refractivity contribution in [3.05, 3.63) is 24.2 Å². The summed E-state index contributed by atoms with van der Waals surface area (Å²) in [4.78, 5) is 40.4. The first-order chi connectivity index (χ1) is 30.9. The monoisotopic (exact) mass is 905 g/mol. The van der Waals surface area contributed by atoms with Gasteiger partial charge < -0.3 is 24.1 Å². The van der Waals surface area contributed by atoms with Gasteiger partial charge in [-0.3, -0.25) is 14.4 Å². The predicted molar refractivity (Wildman–Crippen MR) is 268 cm³/mol. The molecular formula is C54H100N2O6S. The van der Waals surface area contributed by atoms with Crippen LogP contribution in [0.3, 0.4) is 0 Å². The van der Waals surface area contributed by atoms with Crippen molar-refractivity contribution < 1.29 is 28.3 Å². The van der Waals surface area contributed by atoms with Crippen LogP contribution in [0.5, 0.6) is 0 Å². The number of esters is 2. The summed E-state index contributed by atoms with van der Waals surface area (Å²) in [6.07, 6.45) is 41.6. The molecule has 1 N–H and O–H groups in total. The van der Waals surface area contributed by atoms with E-state index in [1.54, 1.807) is 18.0 Å². The first-order valence-corrected chi connectivity index (χ1v) is 28.0. The van der Waals surface area contributed by atoms with E-state index in [1.807, 2.05) is 12.1 Å². The molecule has 0 fully saturated rings. The van der Waals surface area contributed by atoms with Crippen molar-refractivity contribution in [1.82, 2.24) is 10.2 Å². The highest BCUT2D eigenvalue weighted by Crippen LogP contribution is 2.19. The zero-order chi connectivity index (χ0) is 45.7. The molecule has 63 heavy (non-hydrogen) atoms. The molecule has 8 nitrogen and oxygen atoms in total. The van der Waals surface area contributed by atoms with Gasteiger partial charge in [-0.2, -0.15) is 0 Å². The molecule has 368 valence electrons. The molecule has 0 aliphatic heterocycles. The minimum Gasteiger partial charge on any atom is -0.468 e. The zero-order valence-corrected chi connectivity index (χ0v) is 42.5. The van der Waals surface area contributed by atoms with E-state index in [4.69, 9.17) is 13.9 Å². The fourth-order valence-electron chi connectivity index (χ4n) is 8.38. The van der Waals surface area contributed by atoms with Crippen molar-refractivity contribution in [1.29, 1.82) is 0 Å². The van der Waals surface area contributed by atoms with Crippen molar-refractivity contribution in [2.24, 2.45) is 0 Å². The van der Waals surface area contributed by atoms with Crippen LogP contribution >= 0.6 is 11.8 Å². The number of amides is 1. The van der Waals surface area contributed by atoms with Crippen molar-refractivity contribution in [3.63, 3.8) is 0 Å². The van der Waals surface area contributed by atoms with E-state index in [2.05, 4.69) is 37.9 Å². The van der Waals surface area contributed by atoms with Gasteiger partial charge in [-0.1, -0.05) is 163 Å². The second-order valence-electron chi connectivity index (χ2n) is 18.5. The summed E-state index contributed by atoms with van der Waals surface area (Å²) in [6.45, 7) is 12.7. The number of ether oxygens (including phenoxy) is 2. The largest absolute Gasteiger partial charge is 0.468 e. The molecule has 0 bridgehead atoms. The summed E-state index contributed by atoms with van der Waals surface area (Å²) >= 11 is 1.58. The van der Waals surface area contributed by atoms with Gasteiger partial charge in [-0.25, -0.2) is 0 Å². The van der Waals surface area contributed by atoms with Crippen LogP contribution in [0, 0.1) is 0 Å². The molecule has 0 spiro atoms. The third kappa shape index (κ3) is 38.9. The molecule has 1 atom stereocenters. The first kappa shape index (κ1) is 59.0. The highest BCUT2D eigenvalue weighted by atomic mass is 32.2. The van der Waals surface area contributed by atoms with Crippen LogP contribution in [0.1, 0.15) is 258 Å². The predicted octanol–water partition coefficient (Wildman–Crippen LogP) is 15.5. The van der Waals surface area contributed by atoms with Gasteiger partial charge in [0.1, 0.15) is 18.0 Å². The van der Waals surface area contributed by atoms with Gasteiger partial charge in [0.15, 0.2) is 0 Å². The van der Waals surface area contributed by atoms with Crippen LogP contribution in [0.2, 0.25) is 0 Å². The zero-order valence-electron chi connectivity index (χ0n) is 41.7. The molecule has 1 heterocycles. The van der Waals surface area contributed by atoms with Gasteiger partial charge in [0.2, 0.25) is 5.91 Å². The first-order valence-electron chi connectivity index (χ1n) is 26.9. The molecule has 0 saturated heterocycles. The van der Waals surface area contributed by atoms with Crippen LogP contribution in [-0.4, -0.2) is 66.9 Å². The topological polar surface area (TPSA) is 98.1 Å². The van der Waals surface area contributed by atoms with Gasteiger partial charge in [0.25, 0.3) is 0 Å².